The van der Waals surface area contributed by atoms with Gasteiger partial charge in [-0.25, -0.2) is 23.2 Å². The lowest BCUT2D eigenvalue weighted by molar-refractivity contribution is -0.156. The molecule has 0 aliphatic carbocycles. The number of ether oxygens (including phenoxy) is 2. The molecule has 0 N–H and O–H groups in total. The van der Waals surface area contributed by atoms with Gasteiger partial charge in [-0.05, 0) is 25.4 Å². The van der Waals surface area contributed by atoms with E-state index >= 15 is 0 Å². The molecule has 2 aromatic rings. The molecule has 0 bridgehead atoms. The highest BCUT2D eigenvalue weighted by molar-refractivity contribution is 7.91. The van der Waals surface area contributed by atoms with Gasteiger partial charge < -0.3 is 9.47 Å². The minimum Gasteiger partial charge on any atom is -0.466 e. The SMILES string of the molecule is CCOC(=O)C[C@H]1CS(=O)(=O)C[C@]1(C(=O)OCC)n1cnc2c(Cl)nc(Cl)nc21. The van der Waals surface area contributed by atoms with Gasteiger partial charge in [-0.15, -0.1) is 0 Å². The van der Waals surface area contributed by atoms with E-state index in [1.807, 2.05) is 0 Å². The van der Waals surface area contributed by atoms with Gasteiger partial charge in [0, 0.05) is 5.92 Å². The van der Waals surface area contributed by atoms with E-state index in [1.54, 1.807) is 13.8 Å². The van der Waals surface area contributed by atoms with Crippen LogP contribution in [0.2, 0.25) is 10.4 Å². The highest BCUT2D eigenvalue weighted by Gasteiger charge is 2.59. The van der Waals surface area contributed by atoms with E-state index in [2.05, 4.69) is 15.0 Å². The van der Waals surface area contributed by atoms with Crippen molar-refractivity contribution in [2.45, 2.75) is 25.8 Å². The van der Waals surface area contributed by atoms with Gasteiger partial charge in [0.05, 0.1) is 37.5 Å². The third-order valence-corrected chi connectivity index (χ3v) is 6.90. The first-order valence-corrected chi connectivity index (χ1v) is 11.3. The van der Waals surface area contributed by atoms with Crippen LogP contribution in [-0.4, -0.2) is 64.6 Å². The average Bonchev–Trinajstić information content (AvgIpc) is 3.14. The second-order valence-corrected chi connectivity index (χ2v) is 9.28. The summed E-state index contributed by atoms with van der Waals surface area (Å²) in [4.78, 5) is 37.3. The van der Waals surface area contributed by atoms with Crippen molar-refractivity contribution in [2.24, 2.45) is 5.92 Å². The quantitative estimate of drug-likeness (QED) is 0.353. The zero-order chi connectivity index (χ0) is 21.4. The fourth-order valence-electron chi connectivity index (χ4n) is 3.58. The van der Waals surface area contributed by atoms with Crippen molar-refractivity contribution < 1.29 is 27.5 Å². The summed E-state index contributed by atoms with van der Waals surface area (Å²) in [5.74, 6) is -3.40. The molecule has 2 aromatic heterocycles. The lowest BCUT2D eigenvalue weighted by Crippen LogP contribution is -2.50. The number of nitrogens with zero attached hydrogens (tertiary/aromatic N) is 4. The average molecular weight is 465 g/mol. The largest absolute Gasteiger partial charge is 0.466 e. The minimum absolute atomic E-state index is 0.00981. The van der Waals surface area contributed by atoms with E-state index in [4.69, 9.17) is 32.7 Å². The van der Waals surface area contributed by atoms with Crippen LogP contribution in [0.4, 0.5) is 0 Å². The fourth-order valence-corrected chi connectivity index (χ4v) is 6.29. The number of esters is 2. The molecular formula is C16H18Cl2N4O6S. The van der Waals surface area contributed by atoms with Gasteiger partial charge in [-0.2, -0.15) is 4.98 Å². The molecule has 1 aliphatic rings. The summed E-state index contributed by atoms with van der Waals surface area (Å²) >= 11 is 12.0. The molecule has 1 aliphatic heterocycles. The lowest BCUT2D eigenvalue weighted by Gasteiger charge is -2.32. The number of carbonyl (C=O) groups excluding carboxylic acids is 2. The molecule has 0 radical (unpaired) electrons. The van der Waals surface area contributed by atoms with Crippen LogP contribution in [0.25, 0.3) is 11.2 Å². The maximum Gasteiger partial charge on any atom is 0.333 e. The Kier molecular flexibility index (Phi) is 6.02. The molecule has 0 amide bonds. The van der Waals surface area contributed by atoms with E-state index in [0.717, 1.165) is 0 Å². The predicted molar refractivity (Wildman–Crippen MR) is 103 cm³/mol. The molecule has 1 saturated heterocycles. The molecule has 0 saturated carbocycles. The molecule has 3 rings (SSSR count). The number of carbonyl (C=O) groups is 2. The number of rotatable bonds is 6. The van der Waals surface area contributed by atoms with E-state index in [0.29, 0.717) is 0 Å². The van der Waals surface area contributed by atoms with Crippen LogP contribution in [0.3, 0.4) is 0 Å². The Hall–Kier alpha value is -1.98. The molecule has 29 heavy (non-hydrogen) atoms. The van der Waals surface area contributed by atoms with Crippen LogP contribution in [0.1, 0.15) is 20.3 Å². The van der Waals surface area contributed by atoms with E-state index in [-0.39, 0.29) is 41.2 Å². The number of imidazole rings is 1. The van der Waals surface area contributed by atoms with Crippen molar-refractivity contribution >= 4 is 56.1 Å². The summed E-state index contributed by atoms with van der Waals surface area (Å²) in [6, 6.07) is 0. The third-order valence-electron chi connectivity index (χ3n) is 4.67. The van der Waals surface area contributed by atoms with E-state index in [1.165, 1.54) is 10.9 Å². The third kappa shape index (κ3) is 3.90. The van der Waals surface area contributed by atoms with Crippen molar-refractivity contribution in [3.8, 4) is 0 Å². The van der Waals surface area contributed by atoms with Crippen molar-refractivity contribution in [1.82, 2.24) is 19.5 Å². The molecule has 3 heterocycles. The van der Waals surface area contributed by atoms with Gasteiger partial charge in [0.15, 0.2) is 26.2 Å². The molecule has 1 fully saturated rings. The number of halogens is 2. The highest BCUT2D eigenvalue weighted by atomic mass is 35.5. The Bertz CT molecular complexity index is 1070. The van der Waals surface area contributed by atoms with Crippen LogP contribution >= 0.6 is 23.2 Å². The zero-order valence-corrected chi connectivity index (χ0v) is 17.9. The Balaban J connectivity index is 2.25. The second-order valence-electron chi connectivity index (χ2n) is 6.48. The Labute approximate surface area is 176 Å². The maximum atomic E-state index is 13.1. The van der Waals surface area contributed by atoms with Crippen molar-refractivity contribution in [3.63, 3.8) is 0 Å². The molecule has 2 atom stereocenters. The van der Waals surface area contributed by atoms with Crippen molar-refractivity contribution in [2.75, 3.05) is 24.7 Å². The highest BCUT2D eigenvalue weighted by Crippen LogP contribution is 2.42. The smallest absolute Gasteiger partial charge is 0.333 e. The number of sulfone groups is 1. The second kappa shape index (κ2) is 8.04. The number of hydrogen-bond acceptors (Lipinski definition) is 9. The standard InChI is InChI=1S/C16H18Cl2N4O6S/c1-3-27-10(23)5-9-6-29(25,26)7-16(9,14(24)28-4-2)22-8-19-11-12(17)20-15(18)21-13(11)22/h8-9H,3-7H2,1-2H3/t9-,16-/m0/s1. The van der Waals surface area contributed by atoms with E-state index < -0.39 is 44.7 Å². The first-order chi connectivity index (χ1) is 13.6. The predicted octanol–water partition coefficient (Wildman–Crippen LogP) is 1.39. The Morgan fingerprint density at radius 3 is 2.59 bits per heavy atom. The maximum absolute atomic E-state index is 13.1. The molecule has 158 valence electrons. The van der Waals surface area contributed by atoms with Crippen LogP contribution < -0.4 is 0 Å². The van der Waals surface area contributed by atoms with Gasteiger partial charge in [-0.1, -0.05) is 11.6 Å². The van der Waals surface area contributed by atoms with Gasteiger partial charge in [0.25, 0.3) is 0 Å². The molecule has 13 heteroatoms. The normalized spacial score (nSPS) is 23.2. The summed E-state index contributed by atoms with van der Waals surface area (Å²) in [6.45, 7) is 3.36. The lowest BCUT2D eigenvalue weighted by atomic mass is 9.84. The molecule has 10 nitrogen and oxygen atoms in total. The van der Waals surface area contributed by atoms with Crippen molar-refractivity contribution in [1.29, 1.82) is 0 Å². The summed E-state index contributed by atoms with van der Waals surface area (Å²) in [6.07, 6.45) is 0.926. The van der Waals surface area contributed by atoms with E-state index in [9.17, 15) is 18.0 Å². The summed E-state index contributed by atoms with van der Waals surface area (Å²) in [7, 11) is -3.71. The topological polar surface area (TPSA) is 130 Å². The first kappa shape index (κ1) is 21.7. The molecule has 0 aromatic carbocycles. The van der Waals surface area contributed by atoms with Crippen molar-refractivity contribution in [3.05, 3.63) is 16.8 Å². The first-order valence-electron chi connectivity index (χ1n) is 8.74. The monoisotopic (exact) mass is 464 g/mol. The van der Waals surface area contributed by atoms with Gasteiger partial charge >= 0.3 is 11.9 Å². The number of fused-ring (bicyclic) bond motifs is 1. The number of hydrogen-bond donors (Lipinski definition) is 0. The summed E-state index contributed by atoms with van der Waals surface area (Å²) in [5.41, 5.74) is -1.58. The van der Waals surface area contributed by atoms with Crippen LogP contribution in [0.5, 0.6) is 0 Å². The van der Waals surface area contributed by atoms with Gasteiger partial charge in [0.1, 0.15) is 5.52 Å². The van der Waals surface area contributed by atoms with Gasteiger partial charge in [-0.3, -0.25) is 9.36 Å². The van der Waals surface area contributed by atoms with Crippen LogP contribution in [0, 0.1) is 5.92 Å². The zero-order valence-electron chi connectivity index (χ0n) is 15.6. The summed E-state index contributed by atoms with van der Waals surface area (Å²) < 4.78 is 36.6. The molecular weight excluding hydrogens is 447 g/mol. The summed E-state index contributed by atoms with van der Waals surface area (Å²) in [5, 5.41) is -0.258. The van der Waals surface area contributed by atoms with Crippen LogP contribution in [-0.2, 0) is 34.4 Å². The Morgan fingerprint density at radius 2 is 1.93 bits per heavy atom. The van der Waals surface area contributed by atoms with Crippen LogP contribution in [0.15, 0.2) is 6.33 Å². The Morgan fingerprint density at radius 1 is 1.24 bits per heavy atom. The fraction of sp³-hybridized carbons (Fsp3) is 0.562. The molecule has 0 unspecified atom stereocenters. The van der Waals surface area contributed by atoms with Gasteiger partial charge in [0.2, 0.25) is 5.28 Å². The number of aromatic nitrogens is 4. The minimum atomic E-state index is -3.71. The molecule has 0 spiro atoms.